The summed E-state index contributed by atoms with van der Waals surface area (Å²) < 4.78 is 23.8. The number of nitrogens with one attached hydrogen (secondary N) is 2. The Balaban J connectivity index is 1.26. The van der Waals surface area contributed by atoms with E-state index in [0.717, 1.165) is 35.2 Å². The van der Waals surface area contributed by atoms with E-state index in [1.54, 1.807) is 0 Å². The predicted octanol–water partition coefficient (Wildman–Crippen LogP) is 6.43. The zero-order chi connectivity index (χ0) is 38.1. The first kappa shape index (κ1) is 38.8. The van der Waals surface area contributed by atoms with E-state index in [2.05, 4.69) is 36.6 Å². The van der Waals surface area contributed by atoms with E-state index < -0.39 is 29.0 Å². The Labute approximate surface area is 302 Å². The molecule has 12 nitrogen and oxygen atoms in total. The van der Waals surface area contributed by atoms with Gasteiger partial charge < -0.3 is 39.8 Å². The molecule has 0 aromatic heterocycles. The van der Waals surface area contributed by atoms with Crippen LogP contribution in [0.15, 0.2) is 97.1 Å². The number of aliphatic carboxylic acids is 2. The molecule has 2 atom stereocenters. The van der Waals surface area contributed by atoms with Crippen LogP contribution in [0.3, 0.4) is 0 Å². The molecule has 0 aliphatic rings. The number of carboxylic acids is 2. The van der Waals surface area contributed by atoms with Crippen molar-refractivity contribution in [1.82, 2.24) is 0 Å². The highest BCUT2D eigenvalue weighted by Crippen LogP contribution is 2.34. The minimum Gasteiger partial charge on any atom is -0.490 e. The molecule has 0 radical (unpaired) electrons. The number of amides is 1. The molecule has 274 valence electrons. The van der Waals surface area contributed by atoms with Crippen LogP contribution in [-0.2, 0) is 24.6 Å². The van der Waals surface area contributed by atoms with Gasteiger partial charge in [0, 0.05) is 23.8 Å². The number of rotatable bonds is 18. The van der Waals surface area contributed by atoms with Crippen LogP contribution in [0, 0.1) is 5.41 Å². The Morgan fingerprint density at radius 1 is 0.615 bits per heavy atom. The number of benzene rings is 4. The van der Waals surface area contributed by atoms with Crippen molar-refractivity contribution in [1.29, 1.82) is 0 Å². The lowest BCUT2D eigenvalue weighted by Crippen LogP contribution is -2.54. The van der Waals surface area contributed by atoms with Crippen molar-refractivity contribution in [2.45, 2.75) is 52.2 Å². The van der Waals surface area contributed by atoms with Gasteiger partial charge in [-0.25, -0.2) is 9.59 Å². The molecule has 0 aliphatic heterocycles. The second-order valence-corrected chi connectivity index (χ2v) is 12.8. The molecule has 0 spiro atoms. The maximum Gasteiger partial charge on any atom is 0.338 e. The minimum atomic E-state index is -3.26. The lowest BCUT2D eigenvalue weighted by molar-refractivity contribution is -0.169. The highest BCUT2D eigenvalue weighted by atomic mass is 16.5. The Morgan fingerprint density at radius 2 is 0.981 bits per heavy atom. The van der Waals surface area contributed by atoms with E-state index >= 15 is 0 Å². The van der Waals surface area contributed by atoms with E-state index in [9.17, 15) is 29.4 Å². The van der Waals surface area contributed by atoms with Gasteiger partial charge in [-0.3, -0.25) is 9.59 Å². The van der Waals surface area contributed by atoms with E-state index in [4.69, 9.17) is 18.9 Å². The van der Waals surface area contributed by atoms with Crippen LogP contribution in [0.5, 0.6) is 23.0 Å². The first-order chi connectivity index (χ1) is 24.7. The van der Waals surface area contributed by atoms with Crippen molar-refractivity contribution in [2.75, 3.05) is 30.9 Å². The fourth-order valence-electron chi connectivity index (χ4n) is 5.35. The Bertz CT molecular complexity index is 1800. The van der Waals surface area contributed by atoms with Crippen LogP contribution in [0.2, 0.25) is 0 Å². The van der Waals surface area contributed by atoms with Gasteiger partial charge in [-0.2, -0.15) is 0 Å². The van der Waals surface area contributed by atoms with Gasteiger partial charge in [-0.05, 0) is 105 Å². The fraction of sp³-hybridized carbons (Fsp3) is 0.300. The molecule has 4 N–H and O–H groups in total. The Morgan fingerprint density at radius 3 is 1.33 bits per heavy atom. The van der Waals surface area contributed by atoms with E-state index in [1.807, 2.05) is 81.6 Å². The largest absolute Gasteiger partial charge is 0.490 e. The third kappa shape index (κ3) is 9.19. The summed E-state index contributed by atoms with van der Waals surface area (Å²) >= 11 is 0. The van der Waals surface area contributed by atoms with Crippen LogP contribution >= 0.6 is 0 Å². The molecule has 4 rings (SSSR count). The standard InChI is InChI=1S/C40H44N2O10/c1-25(23-49-32-19-11-30(41-6)12-20-32)51-34-15-7-28(8-16-34)39(4,5)29-9-17-35(18-10-29)52-26(2)24-50-33-21-13-31(14-22-33)42-36(44)40(27(3)43,37(45)46)38(47)48/h7-22,25-26,41H,23-24H2,1-6H3,(H,42,44)(H,45,46)(H,47,48). The molecular weight excluding hydrogens is 668 g/mol. The average Bonchev–Trinajstić information content (AvgIpc) is 3.11. The monoisotopic (exact) mass is 712 g/mol. The first-order valence-electron chi connectivity index (χ1n) is 16.6. The lowest BCUT2D eigenvalue weighted by Gasteiger charge is -2.27. The van der Waals surface area contributed by atoms with Crippen molar-refractivity contribution in [2.24, 2.45) is 5.41 Å². The van der Waals surface area contributed by atoms with E-state index in [-0.39, 0.29) is 29.9 Å². The minimum absolute atomic E-state index is 0.0880. The Kier molecular flexibility index (Phi) is 12.5. The average molecular weight is 713 g/mol. The number of carboxylic acid groups (broad SMARTS) is 2. The first-order valence-corrected chi connectivity index (χ1v) is 16.6. The fourth-order valence-corrected chi connectivity index (χ4v) is 5.35. The summed E-state index contributed by atoms with van der Waals surface area (Å²) in [6.07, 6.45) is -0.479. The maximum absolute atomic E-state index is 12.5. The van der Waals surface area contributed by atoms with Crippen molar-refractivity contribution >= 4 is 35.0 Å². The van der Waals surface area contributed by atoms with Crippen LogP contribution < -0.4 is 29.6 Å². The molecule has 1 amide bonds. The highest BCUT2D eigenvalue weighted by molar-refractivity contribution is 6.36. The van der Waals surface area contributed by atoms with Gasteiger partial charge in [0.1, 0.15) is 48.4 Å². The molecule has 4 aromatic carbocycles. The SMILES string of the molecule is CNc1ccc(OCC(C)Oc2ccc(C(C)(C)c3ccc(OC(C)COc4ccc(NC(=O)C(C(C)=O)(C(=O)O)C(=O)O)cc4)cc3)cc2)cc1. The third-order valence-electron chi connectivity index (χ3n) is 8.56. The van der Waals surface area contributed by atoms with Gasteiger partial charge in [-0.1, -0.05) is 38.1 Å². The smallest absolute Gasteiger partial charge is 0.338 e. The lowest BCUT2D eigenvalue weighted by atomic mass is 9.78. The van der Waals surface area contributed by atoms with Crippen molar-refractivity contribution in [3.05, 3.63) is 108 Å². The topological polar surface area (TPSA) is 170 Å². The molecule has 0 saturated heterocycles. The number of carbonyl (C=O) groups excluding carboxylic acids is 2. The summed E-state index contributed by atoms with van der Waals surface area (Å²) in [6.45, 7) is 9.46. The summed E-state index contributed by atoms with van der Waals surface area (Å²) in [5, 5.41) is 24.0. The molecule has 0 aliphatic carbocycles. The van der Waals surface area contributed by atoms with Gasteiger partial charge >= 0.3 is 11.9 Å². The van der Waals surface area contributed by atoms with Gasteiger partial charge in [0.25, 0.3) is 11.3 Å². The third-order valence-corrected chi connectivity index (χ3v) is 8.56. The van der Waals surface area contributed by atoms with Crippen LogP contribution in [0.4, 0.5) is 11.4 Å². The number of ketones is 1. The van der Waals surface area contributed by atoms with Crippen LogP contribution in [0.25, 0.3) is 0 Å². The normalized spacial score (nSPS) is 12.5. The number of ether oxygens (including phenoxy) is 4. The molecule has 12 heteroatoms. The summed E-state index contributed by atoms with van der Waals surface area (Å²) in [6, 6.07) is 29.5. The predicted molar refractivity (Wildman–Crippen MR) is 196 cm³/mol. The summed E-state index contributed by atoms with van der Waals surface area (Å²) in [7, 11) is 1.87. The molecule has 0 saturated carbocycles. The quantitative estimate of drug-likeness (QED) is 0.0839. The molecule has 0 fully saturated rings. The highest BCUT2D eigenvalue weighted by Gasteiger charge is 2.58. The van der Waals surface area contributed by atoms with Crippen LogP contribution in [-0.4, -0.2) is 66.3 Å². The zero-order valence-corrected chi connectivity index (χ0v) is 30.0. The van der Waals surface area contributed by atoms with Gasteiger partial charge in [0.2, 0.25) is 0 Å². The molecule has 0 bridgehead atoms. The molecular formula is C40H44N2O10. The number of Topliss-reactive ketones (excluding diaryl/α,β-unsaturated/α-hetero) is 1. The summed E-state index contributed by atoms with van der Waals surface area (Å²) in [5.41, 5.74) is -0.219. The summed E-state index contributed by atoms with van der Waals surface area (Å²) in [4.78, 5) is 47.6. The molecule has 0 heterocycles. The van der Waals surface area contributed by atoms with E-state index in [1.165, 1.54) is 24.3 Å². The number of hydrogen-bond donors (Lipinski definition) is 4. The summed E-state index contributed by atoms with van der Waals surface area (Å²) in [5.74, 6) is -4.32. The van der Waals surface area contributed by atoms with Gasteiger partial charge in [0.05, 0.1) is 0 Å². The van der Waals surface area contributed by atoms with Gasteiger partial charge in [0.15, 0.2) is 5.78 Å². The Hall–Kier alpha value is -6.04. The van der Waals surface area contributed by atoms with Crippen molar-refractivity contribution < 1.29 is 48.3 Å². The van der Waals surface area contributed by atoms with Gasteiger partial charge in [-0.15, -0.1) is 0 Å². The van der Waals surface area contributed by atoms with Crippen molar-refractivity contribution in [3.63, 3.8) is 0 Å². The van der Waals surface area contributed by atoms with Crippen LogP contribution in [0.1, 0.15) is 45.7 Å². The second kappa shape index (κ2) is 16.8. The second-order valence-electron chi connectivity index (χ2n) is 12.8. The number of carbonyl (C=O) groups is 4. The van der Waals surface area contributed by atoms with E-state index in [0.29, 0.717) is 18.1 Å². The number of anilines is 2. The van der Waals surface area contributed by atoms with Crippen molar-refractivity contribution in [3.8, 4) is 23.0 Å². The molecule has 4 aromatic rings. The molecule has 2 unspecified atom stereocenters. The molecule has 52 heavy (non-hydrogen) atoms. The zero-order valence-electron chi connectivity index (χ0n) is 30.0. The number of hydrogen-bond acceptors (Lipinski definition) is 9. The maximum atomic E-state index is 12.5.